The summed E-state index contributed by atoms with van der Waals surface area (Å²) in [7, 11) is 0. The molecule has 1 saturated carbocycles. The summed E-state index contributed by atoms with van der Waals surface area (Å²) in [5.41, 5.74) is 3.82. The summed E-state index contributed by atoms with van der Waals surface area (Å²) in [4.78, 5) is 18.8. The summed E-state index contributed by atoms with van der Waals surface area (Å²) in [6.07, 6.45) is 1.41. The molecule has 4 rings (SSSR count). The fourth-order valence-corrected chi connectivity index (χ4v) is 5.35. The number of benzene rings is 1. The highest BCUT2D eigenvalue weighted by Gasteiger charge is 2.49. The monoisotopic (exact) mass is 449 g/mol. The number of ketones is 1. The number of nitrogens with zero attached hydrogens (tertiary/aromatic N) is 3. The minimum absolute atomic E-state index is 0.0767. The van der Waals surface area contributed by atoms with Crippen molar-refractivity contribution in [1.82, 2.24) is 9.78 Å². The first kappa shape index (κ1) is 23.7. The molecule has 0 saturated heterocycles. The molecule has 33 heavy (non-hydrogen) atoms. The van der Waals surface area contributed by atoms with Crippen LogP contribution in [0.25, 0.3) is 0 Å². The molecule has 2 aromatic rings. The topological polar surface area (TPSA) is 56.5 Å². The lowest BCUT2D eigenvalue weighted by molar-refractivity contribution is -0.124. The number of aromatic nitrogens is 2. The van der Waals surface area contributed by atoms with E-state index in [1.807, 2.05) is 19.1 Å². The Hall–Kier alpha value is -2.43. The molecule has 5 heteroatoms. The summed E-state index contributed by atoms with van der Waals surface area (Å²) in [6.45, 7) is 20.1. The number of carbonyl (C=O) groups is 1. The maximum Gasteiger partial charge on any atom is 0.155 e. The van der Waals surface area contributed by atoms with Crippen molar-refractivity contribution in [3.63, 3.8) is 0 Å². The minimum Gasteiger partial charge on any atom is -0.494 e. The highest BCUT2D eigenvalue weighted by atomic mass is 16.5. The van der Waals surface area contributed by atoms with Crippen LogP contribution in [0.5, 0.6) is 5.75 Å². The fraction of sp³-hybridized carbons (Fsp3) is 0.607. The lowest BCUT2D eigenvalue weighted by atomic mass is 9.63. The zero-order valence-corrected chi connectivity index (χ0v) is 21.7. The molecule has 0 radical (unpaired) electrons. The fourth-order valence-electron chi connectivity index (χ4n) is 5.35. The van der Waals surface area contributed by atoms with Gasteiger partial charge in [-0.25, -0.2) is 9.67 Å². The molecule has 1 aromatic heterocycles. The molecule has 5 nitrogen and oxygen atoms in total. The van der Waals surface area contributed by atoms with E-state index in [1.54, 1.807) is 0 Å². The SMILES string of the molecule is CCOc1ccc(C2c3c(C(C)(C)C)nn(C(C)(C)C)c3N=C3CC(C)(C)CC(=O)C32)cc1. The summed E-state index contributed by atoms with van der Waals surface area (Å²) < 4.78 is 7.78. The van der Waals surface area contributed by atoms with Gasteiger partial charge < -0.3 is 4.74 Å². The van der Waals surface area contributed by atoms with Gasteiger partial charge in [-0.05, 0) is 57.2 Å². The Morgan fingerprint density at radius 2 is 1.67 bits per heavy atom. The molecule has 0 N–H and O–H groups in total. The van der Waals surface area contributed by atoms with Crippen molar-refractivity contribution < 1.29 is 9.53 Å². The van der Waals surface area contributed by atoms with Crippen LogP contribution in [0.4, 0.5) is 5.82 Å². The van der Waals surface area contributed by atoms with Crippen molar-refractivity contribution in [3.8, 4) is 5.75 Å². The normalized spacial score (nSPS) is 22.5. The lowest BCUT2D eigenvalue weighted by Crippen LogP contribution is -2.43. The molecule has 2 aliphatic rings. The van der Waals surface area contributed by atoms with Gasteiger partial charge in [0.1, 0.15) is 11.5 Å². The molecule has 0 spiro atoms. The van der Waals surface area contributed by atoms with Crippen LogP contribution in [-0.2, 0) is 15.7 Å². The second-order valence-corrected chi connectivity index (χ2v) is 12.5. The van der Waals surface area contributed by atoms with E-state index >= 15 is 0 Å². The third kappa shape index (κ3) is 4.27. The van der Waals surface area contributed by atoms with E-state index in [9.17, 15) is 4.79 Å². The van der Waals surface area contributed by atoms with E-state index in [0.717, 1.165) is 40.5 Å². The van der Waals surface area contributed by atoms with E-state index < -0.39 is 0 Å². The number of hydrogen-bond donors (Lipinski definition) is 0. The minimum atomic E-state index is -0.234. The van der Waals surface area contributed by atoms with Crippen molar-refractivity contribution in [1.29, 1.82) is 0 Å². The standard InChI is InChI=1S/C28H39N3O2/c1-10-33-18-13-11-17(12-14-18)21-22-19(15-28(8,9)16-20(22)32)29-25-23(21)24(26(2,3)4)30-31(25)27(5,6)7/h11-14,21-22H,10,15-16H2,1-9H3. The Labute approximate surface area is 198 Å². The number of fused-ring (bicyclic) bond motifs is 2. The molecule has 2 atom stereocenters. The molecule has 2 heterocycles. The number of rotatable bonds is 3. The van der Waals surface area contributed by atoms with Crippen molar-refractivity contribution in [2.24, 2.45) is 16.3 Å². The average molecular weight is 450 g/mol. The van der Waals surface area contributed by atoms with Gasteiger partial charge in [0.05, 0.1) is 23.8 Å². The van der Waals surface area contributed by atoms with Crippen LogP contribution in [0, 0.1) is 11.3 Å². The zero-order chi connectivity index (χ0) is 24.3. The summed E-state index contributed by atoms with van der Waals surface area (Å²) >= 11 is 0. The van der Waals surface area contributed by atoms with Gasteiger partial charge in [0, 0.05) is 29.0 Å². The van der Waals surface area contributed by atoms with E-state index in [0.29, 0.717) is 13.0 Å². The molecular weight excluding hydrogens is 410 g/mol. The van der Waals surface area contributed by atoms with Gasteiger partial charge in [0.2, 0.25) is 0 Å². The highest BCUT2D eigenvalue weighted by Crippen LogP contribution is 2.52. The number of carbonyl (C=O) groups excluding carboxylic acids is 1. The molecule has 1 fully saturated rings. The maximum absolute atomic E-state index is 13.6. The molecular formula is C28H39N3O2. The Bertz CT molecular complexity index is 1090. The molecule has 2 unspecified atom stereocenters. The first-order valence-corrected chi connectivity index (χ1v) is 12.2. The Balaban J connectivity index is 2.01. The smallest absolute Gasteiger partial charge is 0.155 e. The van der Waals surface area contributed by atoms with Crippen LogP contribution in [0.2, 0.25) is 0 Å². The van der Waals surface area contributed by atoms with Crippen molar-refractivity contribution in [3.05, 3.63) is 41.1 Å². The number of ether oxygens (including phenoxy) is 1. The zero-order valence-electron chi connectivity index (χ0n) is 21.7. The molecule has 1 aromatic carbocycles. The number of hydrogen-bond acceptors (Lipinski definition) is 4. The van der Waals surface area contributed by atoms with E-state index in [1.165, 1.54) is 0 Å². The van der Waals surface area contributed by atoms with Gasteiger partial charge in [0.25, 0.3) is 0 Å². The molecule has 0 bridgehead atoms. The second kappa shape index (κ2) is 7.82. The van der Waals surface area contributed by atoms with Crippen molar-refractivity contribution in [2.75, 3.05) is 6.61 Å². The molecule has 1 aliphatic carbocycles. The summed E-state index contributed by atoms with van der Waals surface area (Å²) in [5, 5.41) is 5.15. The molecule has 0 amide bonds. The number of Topliss-reactive ketones (excluding diaryl/α,β-unsaturated/α-hetero) is 1. The lowest BCUT2D eigenvalue weighted by Gasteiger charge is -2.41. The van der Waals surface area contributed by atoms with Crippen LogP contribution in [0.3, 0.4) is 0 Å². The van der Waals surface area contributed by atoms with Gasteiger partial charge >= 0.3 is 0 Å². The largest absolute Gasteiger partial charge is 0.494 e. The predicted molar refractivity (Wildman–Crippen MR) is 134 cm³/mol. The first-order chi connectivity index (χ1) is 15.2. The number of aliphatic imine (C=N–C) groups is 1. The van der Waals surface area contributed by atoms with Crippen LogP contribution >= 0.6 is 0 Å². The second-order valence-electron chi connectivity index (χ2n) is 12.5. The van der Waals surface area contributed by atoms with Crippen LogP contribution in [0.15, 0.2) is 29.3 Å². The quantitative estimate of drug-likeness (QED) is 0.533. The Morgan fingerprint density at radius 1 is 1.03 bits per heavy atom. The van der Waals surface area contributed by atoms with Crippen LogP contribution in [0.1, 0.15) is 97.9 Å². The Kier molecular flexibility index (Phi) is 5.62. The van der Waals surface area contributed by atoms with Gasteiger partial charge in [-0.15, -0.1) is 0 Å². The summed E-state index contributed by atoms with van der Waals surface area (Å²) in [5.74, 6) is 1.74. The van der Waals surface area contributed by atoms with E-state index in [2.05, 4.69) is 72.2 Å². The summed E-state index contributed by atoms with van der Waals surface area (Å²) in [6, 6.07) is 8.28. The molecule has 1 aliphatic heterocycles. The van der Waals surface area contributed by atoms with Crippen molar-refractivity contribution >= 4 is 17.3 Å². The van der Waals surface area contributed by atoms with E-state index in [4.69, 9.17) is 14.8 Å². The first-order valence-electron chi connectivity index (χ1n) is 12.2. The predicted octanol–water partition coefficient (Wildman–Crippen LogP) is 6.56. The van der Waals surface area contributed by atoms with Gasteiger partial charge in [-0.3, -0.25) is 4.79 Å². The third-order valence-electron chi connectivity index (χ3n) is 6.70. The van der Waals surface area contributed by atoms with Crippen LogP contribution < -0.4 is 4.74 Å². The highest BCUT2D eigenvalue weighted by molar-refractivity contribution is 6.11. The maximum atomic E-state index is 13.6. The van der Waals surface area contributed by atoms with Gasteiger partial charge in [-0.1, -0.05) is 46.8 Å². The third-order valence-corrected chi connectivity index (χ3v) is 6.70. The van der Waals surface area contributed by atoms with E-state index in [-0.39, 0.29) is 34.0 Å². The van der Waals surface area contributed by atoms with Crippen LogP contribution in [-0.4, -0.2) is 27.9 Å². The molecule has 178 valence electrons. The van der Waals surface area contributed by atoms with Crippen molar-refractivity contribution in [2.45, 2.75) is 92.0 Å². The Morgan fingerprint density at radius 3 is 2.21 bits per heavy atom. The van der Waals surface area contributed by atoms with Gasteiger partial charge in [-0.2, -0.15) is 5.10 Å². The average Bonchev–Trinajstić information content (AvgIpc) is 3.06. The van der Waals surface area contributed by atoms with Gasteiger partial charge in [0.15, 0.2) is 5.82 Å².